The first-order valence-electron chi connectivity index (χ1n) is 5.41. The van der Waals surface area contributed by atoms with Gasteiger partial charge in [0.1, 0.15) is 6.10 Å². The van der Waals surface area contributed by atoms with Crippen molar-refractivity contribution in [1.29, 1.82) is 0 Å². The van der Waals surface area contributed by atoms with Crippen LogP contribution in [0.1, 0.15) is 13.3 Å². The Kier molecular flexibility index (Phi) is 6.31. The maximum absolute atomic E-state index is 11.4. The molecule has 0 radical (unpaired) electrons. The number of hydrogen-bond donors (Lipinski definition) is 5. The highest BCUT2D eigenvalue weighted by Crippen LogP contribution is 2.66. The van der Waals surface area contributed by atoms with E-state index in [1.54, 1.807) is 6.92 Å². The third-order valence-electron chi connectivity index (χ3n) is 2.23. The van der Waals surface area contributed by atoms with Crippen LogP contribution in [0.4, 0.5) is 0 Å². The van der Waals surface area contributed by atoms with Crippen LogP contribution in [-0.4, -0.2) is 49.6 Å². The summed E-state index contributed by atoms with van der Waals surface area (Å²) in [5, 5.41) is 9.49. The van der Waals surface area contributed by atoms with Gasteiger partial charge in [0.05, 0.1) is 18.8 Å². The summed E-state index contributed by atoms with van der Waals surface area (Å²) in [6, 6.07) is 0. The fourth-order valence-electron chi connectivity index (χ4n) is 1.56. The number of phosphoric acid groups is 3. The first-order chi connectivity index (χ1) is 9.30. The molecule has 15 heteroatoms. The molecule has 0 spiro atoms. The van der Waals surface area contributed by atoms with Gasteiger partial charge in [-0.2, -0.15) is 8.62 Å². The lowest BCUT2D eigenvalue weighted by molar-refractivity contribution is -0.0167. The molecule has 1 aliphatic rings. The van der Waals surface area contributed by atoms with Gasteiger partial charge in [0, 0.05) is 6.42 Å². The van der Waals surface area contributed by atoms with Crippen molar-refractivity contribution in [2.24, 2.45) is 0 Å². The van der Waals surface area contributed by atoms with Crippen molar-refractivity contribution in [2.45, 2.75) is 31.7 Å². The van der Waals surface area contributed by atoms with Gasteiger partial charge in [-0.25, -0.2) is 13.7 Å². The molecule has 0 aliphatic carbocycles. The number of aliphatic hydroxyl groups is 1. The van der Waals surface area contributed by atoms with E-state index in [1.165, 1.54) is 0 Å². The zero-order chi connectivity index (χ0) is 16.5. The van der Waals surface area contributed by atoms with Crippen LogP contribution in [0.2, 0.25) is 0 Å². The molecule has 1 fully saturated rings. The minimum Gasteiger partial charge on any atom is -0.390 e. The van der Waals surface area contributed by atoms with E-state index in [0.717, 1.165) is 0 Å². The highest BCUT2D eigenvalue weighted by molar-refractivity contribution is 7.66. The molecule has 21 heavy (non-hydrogen) atoms. The summed E-state index contributed by atoms with van der Waals surface area (Å²) in [7, 11) is -16.1. The third-order valence-corrected chi connectivity index (χ3v) is 6.03. The normalized spacial score (nSPS) is 32.6. The fraction of sp³-hybridized carbons (Fsp3) is 1.00. The standard InChI is InChI=1S/C6H15O12P3/c1-4-2-5(7)6(16-4)3-15-20(11,12)18-21(13,14)17-19(8,9)10/h4-7H,2-3H2,1H3,(H,11,12)(H,13,14)(H2,8,9,10)/t4-,5-,6+/m0/s1. The molecule has 1 aliphatic heterocycles. The second-order valence-corrected chi connectivity index (χ2v) is 8.59. The Bertz CT molecular complexity index is 499. The minimum atomic E-state index is -5.53. The van der Waals surface area contributed by atoms with E-state index in [9.17, 15) is 18.8 Å². The smallest absolute Gasteiger partial charge is 0.390 e. The Morgan fingerprint density at radius 3 is 2.10 bits per heavy atom. The van der Waals surface area contributed by atoms with Gasteiger partial charge in [0.25, 0.3) is 0 Å². The predicted octanol–water partition coefficient (Wildman–Crippen LogP) is -0.132. The maximum atomic E-state index is 11.4. The molecular formula is C6H15O12P3. The molecule has 1 saturated heterocycles. The van der Waals surface area contributed by atoms with E-state index in [4.69, 9.17) is 24.3 Å². The summed E-state index contributed by atoms with van der Waals surface area (Å²) in [5.74, 6) is 0. The molecule has 0 aromatic carbocycles. The number of phosphoric ester groups is 1. The van der Waals surface area contributed by atoms with Crippen molar-refractivity contribution in [3.05, 3.63) is 0 Å². The average molecular weight is 372 g/mol. The Hall–Kier alpha value is 0.330. The van der Waals surface area contributed by atoms with Crippen LogP contribution < -0.4 is 0 Å². The van der Waals surface area contributed by atoms with Crippen LogP contribution in [0.5, 0.6) is 0 Å². The van der Waals surface area contributed by atoms with Gasteiger partial charge in [-0.15, -0.1) is 0 Å². The van der Waals surface area contributed by atoms with Crippen molar-refractivity contribution >= 4 is 23.5 Å². The third kappa shape index (κ3) is 7.43. The molecule has 5 atom stereocenters. The van der Waals surface area contributed by atoms with Crippen LogP contribution in [0.15, 0.2) is 0 Å². The van der Waals surface area contributed by atoms with Crippen LogP contribution >= 0.6 is 23.5 Å². The molecule has 0 bridgehead atoms. The van der Waals surface area contributed by atoms with Gasteiger partial charge in [-0.05, 0) is 6.92 Å². The summed E-state index contributed by atoms with van der Waals surface area (Å²) in [4.78, 5) is 34.7. The zero-order valence-corrected chi connectivity index (χ0v) is 13.3. The van der Waals surface area contributed by atoms with E-state index in [-0.39, 0.29) is 12.5 Å². The zero-order valence-electron chi connectivity index (χ0n) is 10.6. The molecule has 5 N–H and O–H groups in total. The molecule has 0 saturated carbocycles. The van der Waals surface area contributed by atoms with Crippen molar-refractivity contribution in [2.75, 3.05) is 6.61 Å². The van der Waals surface area contributed by atoms with Crippen molar-refractivity contribution in [3.63, 3.8) is 0 Å². The quantitative estimate of drug-likeness (QED) is 0.373. The fourth-order valence-corrected chi connectivity index (χ4v) is 4.59. The summed E-state index contributed by atoms with van der Waals surface area (Å²) >= 11 is 0. The lowest BCUT2D eigenvalue weighted by Gasteiger charge is -2.19. The number of rotatable bonds is 7. The largest absolute Gasteiger partial charge is 0.490 e. The molecule has 1 heterocycles. The minimum absolute atomic E-state index is 0.268. The Morgan fingerprint density at radius 2 is 1.67 bits per heavy atom. The average Bonchev–Trinajstić information content (AvgIpc) is 2.48. The van der Waals surface area contributed by atoms with Gasteiger partial charge < -0.3 is 29.4 Å². The first-order valence-corrected chi connectivity index (χ1v) is 9.94. The molecular weight excluding hydrogens is 357 g/mol. The van der Waals surface area contributed by atoms with Crippen LogP contribution in [0, 0.1) is 0 Å². The second kappa shape index (κ2) is 6.84. The van der Waals surface area contributed by atoms with E-state index in [2.05, 4.69) is 13.1 Å². The lowest BCUT2D eigenvalue weighted by atomic mass is 10.1. The second-order valence-electron chi connectivity index (χ2n) is 4.17. The summed E-state index contributed by atoms with van der Waals surface area (Å²) in [6.07, 6.45) is -1.96. The molecule has 0 aromatic heterocycles. The van der Waals surface area contributed by atoms with E-state index in [0.29, 0.717) is 0 Å². The predicted molar refractivity (Wildman–Crippen MR) is 64.8 cm³/mol. The Morgan fingerprint density at radius 1 is 1.10 bits per heavy atom. The molecule has 0 aromatic rings. The highest BCUT2D eigenvalue weighted by atomic mass is 31.3. The van der Waals surface area contributed by atoms with E-state index in [1.807, 2.05) is 0 Å². The topological polar surface area (TPSA) is 189 Å². The molecule has 0 amide bonds. The van der Waals surface area contributed by atoms with Gasteiger partial charge >= 0.3 is 23.5 Å². The number of hydrogen-bond acceptors (Lipinski definition) is 8. The van der Waals surface area contributed by atoms with Crippen LogP contribution in [-0.2, 0) is 31.6 Å². The van der Waals surface area contributed by atoms with Crippen molar-refractivity contribution in [1.82, 2.24) is 0 Å². The molecule has 2 unspecified atom stereocenters. The SMILES string of the molecule is C[C@H]1C[C@H](O)[C@@H](COP(=O)(O)OP(=O)(O)OP(=O)(O)O)O1. The highest BCUT2D eigenvalue weighted by Gasteiger charge is 2.42. The Balaban J connectivity index is 2.56. The van der Waals surface area contributed by atoms with Crippen molar-refractivity contribution in [3.8, 4) is 0 Å². The summed E-state index contributed by atoms with van der Waals surface area (Å²) in [6.45, 7) is 1.00. The van der Waals surface area contributed by atoms with Gasteiger partial charge in [0.15, 0.2) is 0 Å². The Labute approximate surface area is 119 Å². The molecule has 12 nitrogen and oxygen atoms in total. The van der Waals surface area contributed by atoms with Gasteiger partial charge in [-0.3, -0.25) is 4.52 Å². The summed E-state index contributed by atoms with van der Waals surface area (Å²) in [5.41, 5.74) is 0. The van der Waals surface area contributed by atoms with E-state index < -0.39 is 42.3 Å². The molecule has 126 valence electrons. The number of ether oxygens (including phenoxy) is 1. The van der Waals surface area contributed by atoms with Crippen molar-refractivity contribution < 1.29 is 56.3 Å². The monoisotopic (exact) mass is 372 g/mol. The van der Waals surface area contributed by atoms with Crippen LogP contribution in [0.3, 0.4) is 0 Å². The van der Waals surface area contributed by atoms with Gasteiger partial charge in [-0.1, -0.05) is 0 Å². The maximum Gasteiger partial charge on any atom is 0.490 e. The molecule has 1 rings (SSSR count). The summed E-state index contributed by atoms with van der Waals surface area (Å²) < 4.78 is 49.3. The van der Waals surface area contributed by atoms with E-state index >= 15 is 0 Å². The van der Waals surface area contributed by atoms with Crippen LogP contribution in [0.25, 0.3) is 0 Å². The first kappa shape index (κ1) is 19.4. The number of aliphatic hydroxyl groups excluding tert-OH is 1. The lowest BCUT2D eigenvalue weighted by Crippen LogP contribution is -2.26. The van der Waals surface area contributed by atoms with Gasteiger partial charge in [0.2, 0.25) is 0 Å².